The summed E-state index contributed by atoms with van der Waals surface area (Å²) in [5.74, 6) is 0.426. The van der Waals surface area contributed by atoms with Gasteiger partial charge < -0.3 is 4.74 Å². The molecular weight excluding hydrogens is 380 g/mol. The largest absolute Gasteiger partial charge is 0.573 e. The van der Waals surface area contributed by atoms with E-state index in [1.54, 1.807) is 0 Å². The van der Waals surface area contributed by atoms with Gasteiger partial charge in [0.25, 0.3) is 0 Å². The number of ether oxygens (including phenoxy) is 1. The molecule has 3 atom stereocenters. The lowest BCUT2D eigenvalue weighted by Crippen LogP contribution is -2.28. The maximum Gasteiger partial charge on any atom is 0.573 e. The van der Waals surface area contributed by atoms with Crippen molar-refractivity contribution in [3.8, 4) is 16.9 Å². The van der Waals surface area contributed by atoms with Gasteiger partial charge in [-0.2, -0.15) is 0 Å². The molecule has 2 aromatic rings. The SMILES string of the molecule is CCCC1CCC2c3ccc(-c4ccc(OC(F)(F)F)c(F)c4)cc3CCC2C1. The molecule has 29 heavy (non-hydrogen) atoms. The van der Waals surface area contributed by atoms with Gasteiger partial charge in [-0.25, -0.2) is 4.39 Å². The molecule has 1 saturated carbocycles. The topological polar surface area (TPSA) is 9.23 Å². The van der Waals surface area contributed by atoms with Crippen molar-refractivity contribution in [2.24, 2.45) is 11.8 Å². The monoisotopic (exact) mass is 406 g/mol. The van der Waals surface area contributed by atoms with Crippen LogP contribution in [0.15, 0.2) is 36.4 Å². The summed E-state index contributed by atoms with van der Waals surface area (Å²) in [6.07, 6.45) is 3.74. The fourth-order valence-electron chi connectivity index (χ4n) is 5.35. The summed E-state index contributed by atoms with van der Waals surface area (Å²) >= 11 is 0. The molecule has 156 valence electrons. The predicted octanol–water partition coefficient (Wildman–Crippen LogP) is 7.64. The highest BCUT2D eigenvalue weighted by molar-refractivity contribution is 5.66. The first-order valence-corrected chi connectivity index (χ1v) is 10.5. The van der Waals surface area contributed by atoms with E-state index in [-0.39, 0.29) is 0 Å². The molecule has 0 aromatic heterocycles. The van der Waals surface area contributed by atoms with Gasteiger partial charge in [-0.15, -0.1) is 13.2 Å². The molecule has 2 aliphatic rings. The molecule has 0 radical (unpaired) electrons. The number of rotatable bonds is 4. The fraction of sp³-hybridized carbons (Fsp3) is 0.500. The van der Waals surface area contributed by atoms with E-state index in [9.17, 15) is 17.6 Å². The maximum atomic E-state index is 14.1. The van der Waals surface area contributed by atoms with Crippen molar-refractivity contribution in [3.05, 3.63) is 53.3 Å². The minimum atomic E-state index is -4.90. The van der Waals surface area contributed by atoms with Crippen LogP contribution in [0.25, 0.3) is 11.1 Å². The zero-order valence-electron chi connectivity index (χ0n) is 16.6. The maximum absolute atomic E-state index is 14.1. The summed E-state index contributed by atoms with van der Waals surface area (Å²) in [4.78, 5) is 0. The quantitative estimate of drug-likeness (QED) is 0.474. The van der Waals surface area contributed by atoms with Crippen molar-refractivity contribution in [1.29, 1.82) is 0 Å². The Hall–Kier alpha value is -2.04. The fourth-order valence-corrected chi connectivity index (χ4v) is 5.35. The first-order valence-electron chi connectivity index (χ1n) is 10.5. The lowest BCUT2D eigenvalue weighted by molar-refractivity contribution is -0.275. The molecule has 0 aliphatic heterocycles. The second-order valence-electron chi connectivity index (χ2n) is 8.48. The highest BCUT2D eigenvalue weighted by atomic mass is 19.4. The number of benzene rings is 2. The lowest BCUT2D eigenvalue weighted by Gasteiger charge is -2.40. The normalized spacial score (nSPS) is 24.0. The Labute approximate surface area is 169 Å². The number of halogens is 4. The van der Waals surface area contributed by atoms with E-state index in [0.29, 0.717) is 11.5 Å². The Morgan fingerprint density at radius 3 is 2.48 bits per heavy atom. The van der Waals surface area contributed by atoms with Crippen LogP contribution in [0, 0.1) is 17.7 Å². The molecule has 1 fully saturated rings. The summed E-state index contributed by atoms with van der Waals surface area (Å²) in [7, 11) is 0. The van der Waals surface area contributed by atoms with Crippen LogP contribution in [0.5, 0.6) is 5.75 Å². The smallest absolute Gasteiger partial charge is 0.403 e. The van der Waals surface area contributed by atoms with Gasteiger partial charge in [0, 0.05) is 0 Å². The Balaban J connectivity index is 1.55. The Morgan fingerprint density at radius 1 is 1.00 bits per heavy atom. The van der Waals surface area contributed by atoms with Crippen molar-refractivity contribution in [2.75, 3.05) is 0 Å². The second kappa shape index (κ2) is 8.00. The molecule has 1 nitrogen and oxygen atoms in total. The number of alkyl halides is 3. The number of hydrogen-bond donors (Lipinski definition) is 0. The molecule has 5 heteroatoms. The first kappa shape index (κ1) is 20.2. The van der Waals surface area contributed by atoms with Gasteiger partial charge >= 0.3 is 6.36 Å². The van der Waals surface area contributed by atoms with Crippen molar-refractivity contribution < 1.29 is 22.3 Å². The molecule has 3 unspecified atom stereocenters. The van der Waals surface area contributed by atoms with Gasteiger partial charge in [-0.3, -0.25) is 0 Å². The Kier molecular flexibility index (Phi) is 5.58. The third-order valence-corrected chi connectivity index (χ3v) is 6.61. The van der Waals surface area contributed by atoms with Crippen LogP contribution in [0.4, 0.5) is 17.6 Å². The summed E-state index contributed by atoms with van der Waals surface area (Å²) in [5, 5.41) is 0. The van der Waals surface area contributed by atoms with E-state index in [4.69, 9.17) is 0 Å². The Morgan fingerprint density at radius 2 is 1.76 bits per heavy atom. The minimum absolute atomic E-state index is 0.564. The molecule has 0 saturated heterocycles. The molecule has 4 rings (SSSR count). The van der Waals surface area contributed by atoms with Crippen molar-refractivity contribution in [2.45, 2.75) is 64.1 Å². The van der Waals surface area contributed by atoms with Gasteiger partial charge in [-0.1, -0.05) is 44.0 Å². The average Bonchev–Trinajstić information content (AvgIpc) is 2.68. The van der Waals surface area contributed by atoms with E-state index in [0.717, 1.165) is 36.0 Å². The second-order valence-corrected chi connectivity index (χ2v) is 8.48. The van der Waals surface area contributed by atoms with E-state index in [1.807, 2.05) is 6.07 Å². The van der Waals surface area contributed by atoms with Gasteiger partial charge in [0.2, 0.25) is 0 Å². The van der Waals surface area contributed by atoms with Gasteiger partial charge in [0.15, 0.2) is 11.6 Å². The van der Waals surface area contributed by atoms with Crippen molar-refractivity contribution >= 4 is 0 Å². The Bertz CT molecular complexity index is 874. The molecule has 0 heterocycles. The van der Waals surface area contributed by atoms with Gasteiger partial charge in [-0.05, 0) is 84.2 Å². The molecule has 0 N–H and O–H groups in total. The average molecular weight is 406 g/mol. The van der Waals surface area contributed by atoms with Crippen molar-refractivity contribution in [3.63, 3.8) is 0 Å². The van der Waals surface area contributed by atoms with E-state index < -0.39 is 17.9 Å². The minimum Gasteiger partial charge on any atom is -0.403 e. The highest BCUT2D eigenvalue weighted by Gasteiger charge is 2.35. The van der Waals surface area contributed by atoms with Crippen LogP contribution in [-0.2, 0) is 6.42 Å². The molecule has 0 bridgehead atoms. The van der Waals surface area contributed by atoms with Crippen LogP contribution in [0.1, 0.15) is 62.5 Å². The number of aryl methyl sites for hydroxylation is 1. The van der Waals surface area contributed by atoms with Crippen LogP contribution < -0.4 is 4.74 Å². The third kappa shape index (κ3) is 4.44. The van der Waals surface area contributed by atoms with E-state index in [2.05, 4.69) is 23.8 Å². The summed E-state index contributed by atoms with van der Waals surface area (Å²) < 4.78 is 54.9. The number of hydrogen-bond acceptors (Lipinski definition) is 1. The highest BCUT2D eigenvalue weighted by Crippen LogP contribution is 2.48. The van der Waals surface area contributed by atoms with Crippen LogP contribution in [0.3, 0.4) is 0 Å². The van der Waals surface area contributed by atoms with Crippen LogP contribution in [-0.4, -0.2) is 6.36 Å². The predicted molar refractivity (Wildman–Crippen MR) is 105 cm³/mol. The van der Waals surface area contributed by atoms with Gasteiger partial charge in [0.05, 0.1) is 0 Å². The molecule has 2 aliphatic carbocycles. The zero-order chi connectivity index (χ0) is 20.6. The van der Waals surface area contributed by atoms with Gasteiger partial charge in [0.1, 0.15) is 0 Å². The first-order chi connectivity index (χ1) is 13.8. The number of fused-ring (bicyclic) bond motifs is 3. The standard InChI is InChI=1S/C24H26F4O/c1-2-3-15-4-9-20-18(12-15)5-6-19-13-16(7-10-21(19)20)17-8-11-23(22(25)14-17)29-24(26,27)28/h7-8,10-11,13-15,18,20H,2-6,9,12H2,1H3. The molecule has 2 aromatic carbocycles. The molecule has 0 spiro atoms. The summed E-state index contributed by atoms with van der Waals surface area (Å²) in [6, 6.07) is 9.85. The lowest BCUT2D eigenvalue weighted by atomic mass is 9.64. The zero-order valence-corrected chi connectivity index (χ0v) is 16.6. The van der Waals surface area contributed by atoms with Crippen LogP contribution in [0.2, 0.25) is 0 Å². The van der Waals surface area contributed by atoms with Crippen LogP contribution >= 0.6 is 0 Å². The van der Waals surface area contributed by atoms with E-state index in [1.165, 1.54) is 55.7 Å². The van der Waals surface area contributed by atoms with Crippen molar-refractivity contribution in [1.82, 2.24) is 0 Å². The summed E-state index contributed by atoms with van der Waals surface area (Å²) in [5.41, 5.74) is 4.11. The molecular formula is C24H26F4O. The molecule has 0 amide bonds. The third-order valence-electron chi connectivity index (χ3n) is 6.61. The van der Waals surface area contributed by atoms with E-state index >= 15 is 0 Å². The summed E-state index contributed by atoms with van der Waals surface area (Å²) in [6.45, 7) is 2.26.